The van der Waals surface area contributed by atoms with Crippen molar-refractivity contribution in [3.05, 3.63) is 366 Å². The van der Waals surface area contributed by atoms with Crippen LogP contribution >= 0.6 is 15.9 Å². The van der Waals surface area contributed by atoms with E-state index in [-0.39, 0.29) is 10.8 Å². The molecule has 1 radical (unpaired) electrons. The third kappa shape index (κ3) is 10.2. The second-order valence-electron chi connectivity index (χ2n) is 28.1. The first-order valence-corrected chi connectivity index (χ1v) is 36.0. The van der Waals surface area contributed by atoms with E-state index in [2.05, 4.69) is 341 Å². The van der Waals surface area contributed by atoms with E-state index in [0.29, 0.717) is 5.75 Å². The Morgan fingerprint density at radius 2 is 0.500 bits per heavy atom. The minimum atomic E-state index is -0.118. The molecule has 0 saturated heterocycles. The van der Waals surface area contributed by atoms with Crippen LogP contribution in [-0.4, -0.2) is 12.7 Å². The summed E-state index contributed by atoms with van der Waals surface area (Å²) >= 11 is 3.67. The van der Waals surface area contributed by atoms with E-state index in [4.69, 9.17) is 4.65 Å². The first-order chi connectivity index (χ1) is 50.0. The van der Waals surface area contributed by atoms with Crippen molar-refractivity contribution in [3.63, 3.8) is 0 Å². The molecule has 0 heterocycles. The van der Waals surface area contributed by atoms with Gasteiger partial charge in [-0.3, -0.25) is 0 Å². The van der Waals surface area contributed by atoms with E-state index in [1.54, 1.807) is 0 Å². The Bertz CT molecular complexity index is 6260. The zero-order valence-corrected chi connectivity index (χ0v) is 58.7. The minimum absolute atomic E-state index is 0.00893. The molecule has 0 bridgehead atoms. The Balaban J connectivity index is 0.000000119. The van der Waals surface area contributed by atoms with Gasteiger partial charge in [-0.05, 0) is 194 Å². The van der Waals surface area contributed by atoms with Gasteiger partial charge in [0.15, 0.2) is 0 Å². The van der Waals surface area contributed by atoms with Crippen LogP contribution < -0.4 is 4.65 Å². The van der Waals surface area contributed by atoms with Gasteiger partial charge in [0.1, 0.15) is 5.75 Å². The first kappa shape index (κ1) is 62.6. The predicted octanol–water partition coefficient (Wildman–Crippen LogP) is 26.9. The van der Waals surface area contributed by atoms with E-state index in [1.807, 2.05) is 42.5 Å². The van der Waals surface area contributed by atoms with Gasteiger partial charge >= 0.3 is 7.69 Å². The summed E-state index contributed by atoms with van der Waals surface area (Å²) in [6.07, 6.45) is 0. The van der Waals surface area contributed by atoms with Crippen molar-refractivity contribution in [2.45, 2.75) is 38.5 Å². The Kier molecular flexibility index (Phi) is 15.5. The van der Waals surface area contributed by atoms with E-state index >= 15 is 0 Å². The van der Waals surface area contributed by atoms with Crippen molar-refractivity contribution in [2.75, 3.05) is 0 Å². The lowest BCUT2D eigenvalue weighted by molar-refractivity contribution is 0.459. The van der Waals surface area contributed by atoms with Crippen LogP contribution in [0.5, 0.6) is 5.75 Å². The van der Waals surface area contributed by atoms with Crippen LogP contribution in [0.2, 0.25) is 0 Å². The molecule has 2 nitrogen and oxygen atoms in total. The molecule has 2 aliphatic rings. The standard InChI is InChI=1S/C49H34.C26H18BO2.C23H17Br/c1-49(2)44-29-28-34(30-43(44)47-37-18-8-6-16-35(37)36-17-7-13-23-42(36)48(47)49)46-40-21-11-9-19-38(40)45(39-20-10-12-22-41(39)46)33-26-24-32(25-27-33)31-14-4-3-5-15-31;28-27-29-26-23-12-6-4-10-21(23)25(22-11-5-7-13-24(22)26)20-16-14-19(15-17-20)18-8-2-1-3-9-18;1-23(2)20-12-11-14(24)13-19(20)21-17-9-5-3-7-15(17)16-8-4-6-10-18(16)22(21)23/h3-30H,1-2H3;1-17,28H;3-13H,1-2H3. The van der Waals surface area contributed by atoms with Gasteiger partial charge in [0.2, 0.25) is 0 Å². The van der Waals surface area contributed by atoms with Gasteiger partial charge in [-0.2, -0.15) is 0 Å². The van der Waals surface area contributed by atoms with Crippen LogP contribution in [0.1, 0.15) is 49.9 Å². The van der Waals surface area contributed by atoms with E-state index in [1.165, 1.54) is 159 Å². The molecule has 0 aliphatic heterocycles. The number of hydrogen-bond donors (Lipinski definition) is 1. The molecular formula is C98H69BBrO2. The summed E-state index contributed by atoms with van der Waals surface area (Å²) in [5.41, 5.74) is 23.4. The molecule has 0 fully saturated rings. The Hall–Kier alpha value is -11.7. The molecule has 0 atom stereocenters. The summed E-state index contributed by atoms with van der Waals surface area (Å²) in [7, 11) is 0.753. The van der Waals surface area contributed by atoms with E-state index in [9.17, 15) is 5.02 Å². The summed E-state index contributed by atoms with van der Waals surface area (Å²) < 4.78 is 6.67. The van der Waals surface area contributed by atoms with E-state index in [0.717, 1.165) is 39.3 Å². The highest BCUT2D eigenvalue weighted by Gasteiger charge is 2.40. The van der Waals surface area contributed by atoms with Gasteiger partial charge in [-0.1, -0.05) is 365 Å². The lowest BCUT2D eigenvalue weighted by atomic mass is 9.79. The third-order valence-electron chi connectivity index (χ3n) is 21.8. The lowest BCUT2D eigenvalue weighted by Crippen LogP contribution is -2.15. The number of hydrogen-bond acceptors (Lipinski definition) is 2. The van der Waals surface area contributed by atoms with Gasteiger partial charge in [0.25, 0.3) is 0 Å². The fourth-order valence-electron chi connectivity index (χ4n) is 17.4. The Morgan fingerprint density at radius 1 is 0.245 bits per heavy atom. The Labute approximate surface area is 603 Å². The quantitative estimate of drug-likeness (QED) is 0.0979. The number of fused-ring (bicyclic) bond motifs is 20. The molecule has 0 spiro atoms. The molecule has 0 aromatic heterocycles. The Morgan fingerprint density at radius 3 is 0.873 bits per heavy atom. The largest absolute Gasteiger partial charge is 0.569 e. The fraction of sp³-hybridized carbons (Fsp3) is 0.0612. The van der Waals surface area contributed by atoms with Crippen molar-refractivity contribution in [3.8, 4) is 83.6 Å². The van der Waals surface area contributed by atoms with Crippen molar-refractivity contribution in [1.82, 2.24) is 0 Å². The molecule has 4 heteroatoms. The summed E-state index contributed by atoms with van der Waals surface area (Å²) in [6.45, 7) is 9.52. The molecular weight excluding hydrogens is 1300 g/mol. The topological polar surface area (TPSA) is 29.5 Å². The van der Waals surface area contributed by atoms with Crippen LogP contribution in [0, 0.1) is 0 Å². The first-order valence-electron chi connectivity index (χ1n) is 35.2. The number of rotatable bonds is 7. The maximum atomic E-state index is 9.32. The summed E-state index contributed by atoms with van der Waals surface area (Å²) in [4.78, 5) is 0. The zero-order valence-electron chi connectivity index (χ0n) is 57.1. The van der Waals surface area contributed by atoms with Crippen molar-refractivity contribution < 1.29 is 9.68 Å². The van der Waals surface area contributed by atoms with Crippen molar-refractivity contribution in [1.29, 1.82) is 0 Å². The van der Waals surface area contributed by atoms with Crippen LogP contribution in [0.4, 0.5) is 0 Å². The third-order valence-corrected chi connectivity index (χ3v) is 22.3. The highest BCUT2D eigenvalue weighted by atomic mass is 79.9. The lowest BCUT2D eigenvalue weighted by Gasteiger charge is -2.24. The maximum absolute atomic E-state index is 9.32. The molecule has 18 aromatic carbocycles. The van der Waals surface area contributed by atoms with Gasteiger partial charge in [0.05, 0.1) is 0 Å². The van der Waals surface area contributed by atoms with Crippen LogP contribution in [0.15, 0.2) is 344 Å². The zero-order chi connectivity index (χ0) is 68.8. The molecule has 18 aromatic rings. The second-order valence-corrected chi connectivity index (χ2v) is 29.0. The molecule has 1 N–H and O–H groups in total. The van der Waals surface area contributed by atoms with Crippen molar-refractivity contribution in [2.24, 2.45) is 0 Å². The van der Waals surface area contributed by atoms with Gasteiger partial charge < -0.3 is 9.68 Å². The van der Waals surface area contributed by atoms with Crippen LogP contribution in [-0.2, 0) is 10.8 Å². The molecule has 0 saturated carbocycles. The second kappa shape index (κ2) is 25.2. The highest BCUT2D eigenvalue weighted by molar-refractivity contribution is 9.10. The maximum Gasteiger partial charge on any atom is 0.569 e. The molecule has 20 rings (SSSR count). The fourth-order valence-corrected chi connectivity index (χ4v) is 17.7. The normalized spacial score (nSPS) is 13.0. The van der Waals surface area contributed by atoms with Gasteiger partial charge in [-0.15, -0.1) is 0 Å². The van der Waals surface area contributed by atoms with Gasteiger partial charge in [0, 0.05) is 26.1 Å². The molecule has 102 heavy (non-hydrogen) atoms. The number of halogens is 1. The average Bonchev–Trinajstić information content (AvgIpc) is 1.54. The number of benzene rings is 18. The van der Waals surface area contributed by atoms with Crippen LogP contribution in [0.3, 0.4) is 0 Å². The van der Waals surface area contributed by atoms with Crippen LogP contribution in [0.25, 0.3) is 164 Å². The summed E-state index contributed by atoms with van der Waals surface area (Å²) in [5, 5.41) is 29.4. The SMILES string of the molecule is CC1(C)c2ccc(-c3c4ccccc4c(-c4ccc(-c5ccccc5)cc4)c4ccccc34)cc2-c2c1c1ccccc1c1ccccc21.CC1(C)c2ccc(Br)cc2-c2c1c1ccccc1c1ccccc21.O[B]Oc1c2ccccc2c(-c2ccc(-c3ccccc3)cc2)c2ccccc12. The molecule has 2 aliphatic carbocycles. The highest BCUT2D eigenvalue weighted by Crippen LogP contribution is 2.58. The predicted molar refractivity (Wildman–Crippen MR) is 438 cm³/mol. The smallest absolute Gasteiger partial charge is 0.537 e. The van der Waals surface area contributed by atoms with Gasteiger partial charge in [-0.25, -0.2) is 0 Å². The van der Waals surface area contributed by atoms with Crippen molar-refractivity contribution >= 4 is 110 Å². The molecule has 483 valence electrons. The summed E-state index contributed by atoms with van der Waals surface area (Å²) in [5.74, 6) is 0.670. The average molecular weight is 1370 g/mol. The molecule has 0 amide bonds. The van der Waals surface area contributed by atoms with E-state index < -0.39 is 0 Å². The summed E-state index contributed by atoms with van der Waals surface area (Å²) in [6, 6.07) is 123. The molecule has 0 unspecified atom stereocenters. The monoisotopic (exact) mass is 1370 g/mol. The minimum Gasteiger partial charge on any atom is -0.537 e.